The van der Waals surface area contributed by atoms with E-state index in [2.05, 4.69) is 20.4 Å². The van der Waals surface area contributed by atoms with E-state index in [1.807, 2.05) is 0 Å². The van der Waals surface area contributed by atoms with E-state index in [0.717, 1.165) is 29.2 Å². The van der Waals surface area contributed by atoms with Gasteiger partial charge < -0.3 is 15.0 Å². The molecule has 2 N–H and O–H groups in total. The number of nitrogens with zero attached hydrogens (tertiary/aromatic N) is 4. The van der Waals surface area contributed by atoms with Crippen molar-refractivity contribution in [2.24, 2.45) is 0 Å². The van der Waals surface area contributed by atoms with Crippen LogP contribution in [0, 0.1) is 17.1 Å². The van der Waals surface area contributed by atoms with Crippen LogP contribution in [-0.4, -0.2) is 46.5 Å². The summed E-state index contributed by atoms with van der Waals surface area (Å²) in [5.74, 6) is -2.17. The van der Waals surface area contributed by atoms with E-state index in [-0.39, 0.29) is 34.9 Å². The Bertz CT molecular complexity index is 1670. The van der Waals surface area contributed by atoms with Gasteiger partial charge in [0, 0.05) is 6.20 Å². The number of carbonyl (C=O) groups excluding carboxylic acids is 4. The zero-order chi connectivity index (χ0) is 31.7. The number of imide groups is 1. The van der Waals surface area contributed by atoms with Gasteiger partial charge in [0.1, 0.15) is 17.2 Å². The van der Waals surface area contributed by atoms with Crippen molar-refractivity contribution >= 4 is 41.1 Å². The van der Waals surface area contributed by atoms with Crippen LogP contribution in [0.5, 0.6) is 0 Å². The monoisotopic (exact) mass is 598 g/mol. The van der Waals surface area contributed by atoms with E-state index in [4.69, 9.17) is 5.26 Å². The molecule has 15 heteroatoms. The Hall–Kier alpha value is -5.52. The third-order valence-electron chi connectivity index (χ3n) is 6.59. The molecule has 0 unspecified atom stereocenters. The van der Waals surface area contributed by atoms with Crippen molar-refractivity contribution in [3.63, 3.8) is 0 Å². The molecule has 0 aliphatic carbocycles. The lowest BCUT2D eigenvalue weighted by molar-refractivity contribution is -0.137. The van der Waals surface area contributed by atoms with Gasteiger partial charge >= 0.3 is 24.2 Å². The summed E-state index contributed by atoms with van der Waals surface area (Å²) in [7, 11) is 1.19. The highest BCUT2D eigenvalue weighted by atomic mass is 19.4. The molecule has 0 radical (unpaired) electrons. The minimum atomic E-state index is -4.92. The lowest BCUT2D eigenvalue weighted by atomic mass is 10.0. The third kappa shape index (κ3) is 6.08. The number of aromatic nitrogens is 1. The lowest BCUT2D eigenvalue weighted by Gasteiger charge is -2.28. The van der Waals surface area contributed by atoms with Crippen molar-refractivity contribution in [1.29, 1.82) is 5.26 Å². The largest absolute Gasteiger partial charge is 0.465 e. The van der Waals surface area contributed by atoms with E-state index in [1.54, 1.807) is 0 Å². The summed E-state index contributed by atoms with van der Waals surface area (Å²) in [5.41, 5.74) is -3.69. The molecule has 2 aromatic carbocycles. The minimum absolute atomic E-state index is 0.0424. The maximum Gasteiger partial charge on any atom is 0.417 e. The number of esters is 1. The number of hydrogen-bond acceptors (Lipinski definition) is 7. The minimum Gasteiger partial charge on any atom is -0.465 e. The molecule has 1 aliphatic heterocycles. The SMILES string of the molecule is COC(=O)c1ccc(NC(=O)Nc2cc(F)ccc2CN2C(=O)N(c3ccc(C#N)c(C(F)(F)F)c3)C(=O)C2(C)C)nc1. The lowest BCUT2D eigenvalue weighted by Crippen LogP contribution is -2.43. The summed E-state index contributed by atoms with van der Waals surface area (Å²) < 4.78 is 59.4. The predicted molar refractivity (Wildman–Crippen MR) is 143 cm³/mol. The molecule has 0 atom stereocenters. The average Bonchev–Trinajstić information content (AvgIpc) is 3.12. The smallest absolute Gasteiger partial charge is 0.417 e. The van der Waals surface area contributed by atoms with Crippen molar-refractivity contribution in [3.05, 3.63) is 82.8 Å². The molecule has 4 rings (SSSR count). The van der Waals surface area contributed by atoms with Gasteiger partial charge in [-0.3, -0.25) is 10.1 Å². The van der Waals surface area contributed by atoms with Gasteiger partial charge in [0.15, 0.2) is 0 Å². The standard InChI is InChI=1S/C28H22F4N6O5/c1-27(2)24(40)38(19-8-5-15(12-33)20(11-19)28(30,31)32)26(42)37(27)14-17-4-7-18(29)10-21(17)35-25(41)36-22-9-6-16(13-34-22)23(39)43-3/h4-11,13H,14H2,1-3H3,(H2,34,35,36,41). The number of nitrogens with one attached hydrogen (secondary N) is 2. The van der Waals surface area contributed by atoms with Crippen LogP contribution in [0.3, 0.4) is 0 Å². The Kier molecular flexibility index (Phi) is 8.07. The number of amides is 5. The number of pyridine rings is 1. The van der Waals surface area contributed by atoms with E-state index in [0.29, 0.717) is 11.0 Å². The third-order valence-corrected chi connectivity index (χ3v) is 6.59. The first-order chi connectivity index (χ1) is 20.2. The first-order valence-electron chi connectivity index (χ1n) is 12.4. The van der Waals surface area contributed by atoms with Crippen molar-refractivity contribution in [1.82, 2.24) is 9.88 Å². The molecule has 1 aliphatic rings. The maximum atomic E-state index is 14.2. The van der Waals surface area contributed by atoms with Crippen LogP contribution in [0.1, 0.15) is 40.9 Å². The molecular formula is C28H22F4N6O5. The second-order valence-electron chi connectivity index (χ2n) is 9.71. The van der Waals surface area contributed by atoms with Gasteiger partial charge in [0.05, 0.1) is 47.8 Å². The number of benzene rings is 2. The summed E-state index contributed by atoms with van der Waals surface area (Å²) in [6.07, 6.45) is -3.75. The number of nitriles is 1. The number of anilines is 3. The summed E-state index contributed by atoms with van der Waals surface area (Å²) in [6, 6.07) is 8.10. The second-order valence-corrected chi connectivity index (χ2v) is 9.71. The molecule has 1 fully saturated rings. The number of carbonyl (C=O) groups is 4. The number of urea groups is 2. The topological polar surface area (TPSA) is 145 Å². The van der Waals surface area contributed by atoms with Crippen LogP contribution >= 0.6 is 0 Å². The summed E-state index contributed by atoms with van der Waals surface area (Å²) >= 11 is 0. The Morgan fingerprint density at radius 1 is 1.07 bits per heavy atom. The van der Waals surface area contributed by atoms with Crippen molar-refractivity contribution < 1.29 is 41.5 Å². The molecule has 3 aromatic rings. The molecule has 0 saturated carbocycles. The van der Waals surface area contributed by atoms with Gasteiger partial charge in [-0.05, 0) is 61.9 Å². The van der Waals surface area contributed by atoms with Gasteiger partial charge in [-0.1, -0.05) is 6.07 Å². The van der Waals surface area contributed by atoms with E-state index >= 15 is 0 Å². The number of ether oxygens (including phenoxy) is 1. The molecule has 11 nitrogen and oxygen atoms in total. The molecule has 1 saturated heterocycles. The number of hydrogen-bond donors (Lipinski definition) is 2. The molecule has 0 spiro atoms. The fourth-order valence-corrected chi connectivity index (χ4v) is 4.28. The molecule has 5 amide bonds. The fraction of sp³-hybridized carbons (Fsp3) is 0.214. The van der Waals surface area contributed by atoms with Crippen LogP contribution < -0.4 is 15.5 Å². The van der Waals surface area contributed by atoms with E-state index < -0.39 is 52.6 Å². The normalized spacial score (nSPS) is 14.4. The highest BCUT2D eigenvalue weighted by Gasteiger charge is 2.52. The zero-order valence-electron chi connectivity index (χ0n) is 22.7. The summed E-state index contributed by atoms with van der Waals surface area (Å²) in [5, 5.41) is 13.9. The number of alkyl halides is 3. The maximum absolute atomic E-state index is 14.2. The Morgan fingerprint density at radius 2 is 1.79 bits per heavy atom. The van der Waals surface area contributed by atoms with Gasteiger partial charge in [-0.25, -0.2) is 28.7 Å². The molecule has 222 valence electrons. The van der Waals surface area contributed by atoms with Crippen LogP contribution in [0.2, 0.25) is 0 Å². The Balaban J connectivity index is 1.59. The second kappa shape index (κ2) is 11.4. The van der Waals surface area contributed by atoms with Gasteiger partial charge in [-0.15, -0.1) is 0 Å². The van der Waals surface area contributed by atoms with Crippen LogP contribution in [0.25, 0.3) is 0 Å². The van der Waals surface area contributed by atoms with Crippen molar-refractivity contribution in [2.75, 3.05) is 22.6 Å². The van der Waals surface area contributed by atoms with Gasteiger partial charge in [0.2, 0.25) is 0 Å². The van der Waals surface area contributed by atoms with Crippen LogP contribution in [-0.2, 0) is 22.3 Å². The Morgan fingerprint density at radius 3 is 2.40 bits per heavy atom. The van der Waals surface area contributed by atoms with Crippen LogP contribution in [0.4, 0.5) is 44.3 Å². The number of methoxy groups -OCH3 is 1. The highest BCUT2D eigenvalue weighted by molar-refractivity contribution is 6.23. The molecular weight excluding hydrogens is 576 g/mol. The molecule has 1 aromatic heterocycles. The van der Waals surface area contributed by atoms with Gasteiger partial charge in [-0.2, -0.15) is 18.4 Å². The summed E-state index contributed by atoms with van der Waals surface area (Å²) in [4.78, 5) is 56.6. The predicted octanol–water partition coefficient (Wildman–Crippen LogP) is 5.29. The average molecular weight is 599 g/mol. The summed E-state index contributed by atoms with van der Waals surface area (Å²) in [6.45, 7) is 2.42. The first-order valence-corrected chi connectivity index (χ1v) is 12.4. The van der Waals surface area contributed by atoms with Crippen LogP contribution in [0.15, 0.2) is 54.7 Å². The number of halogens is 4. The van der Waals surface area contributed by atoms with E-state index in [1.165, 1.54) is 51.4 Å². The first kappa shape index (κ1) is 30.4. The highest BCUT2D eigenvalue weighted by Crippen LogP contribution is 2.38. The van der Waals surface area contributed by atoms with Gasteiger partial charge in [0.25, 0.3) is 5.91 Å². The van der Waals surface area contributed by atoms with Crippen molar-refractivity contribution in [3.8, 4) is 6.07 Å². The van der Waals surface area contributed by atoms with E-state index in [9.17, 15) is 36.7 Å². The quantitative estimate of drug-likeness (QED) is 0.223. The zero-order valence-corrected chi connectivity index (χ0v) is 22.7. The fourth-order valence-electron chi connectivity index (χ4n) is 4.28. The molecule has 2 heterocycles. The Labute approximate surface area is 241 Å². The molecule has 0 bridgehead atoms. The van der Waals surface area contributed by atoms with Crippen molar-refractivity contribution in [2.45, 2.75) is 32.1 Å². The molecule has 43 heavy (non-hydrogen) atoms. The number of rotatable bonds is 6.